The minimum Gasteiger partial charge on any atom is -0.497 e. The minimum absolute atomic E-state index is 0.390. The maximum Gasteiger partial charge on any atom is 0.331 e. The molecule has 0 heterocycles. The molecule has 0 aliphatic rings. The summed E-state index contributed by atoms with van der Waals surface area (Å²) in [6.45, 7) is 3.29. The van der Waals surface area contributed by atoms with Crippen LogP contribution >= 0.6 is 11.8 Å². The van der Waals surface area contributed by atoms with E-state index in [4.69, 9.17) is 14.7 Å². The zero-order valence-corrected chi connectivity index (χ0v) is 16.6. The lowest BCUT2D eigenvalue weighted by Crippen LogP contribution is -2.21. The van der Waals surface area contributed by atoms with Gasteiger partial charge in [-0.2, -0.15) is 5.26 Å². The van der Waals surface area contributed by atoms with Crippen molar-refractivity contribution < 1.29 is 19.1 Å². The van der Waals surface area contributed by atoms with Crippen molar-refractivity contribution in [2.75, 3.05) is 19.0 Å². The first-order valence-electron chi connectivity index (χ1n) is 8.39. The predicted octanol–water partition coefficient (Wildman–Crippen LogP) is 4.08. The highest BCUT2D eigenvalue weighted by Crippen LogP contribution is 2.27. The molecule has 1 N–H and O–H groups in total. The molecule has 2 aromatic carbocycles. The maximum absolute atomic E-state index is 12.1. The Morgan fingerprint density at radius 2 is 1.82 bits per heavy atom. The third kappa shape index (κ3) is 6.18. The molecule has 28 heavy (non-hydrogen) atoms. The smallest absolute Gasteiger partial charge is 0.331 e. The summed E-state index contributed by atoms with van der Waals surface area (Å²) in [7, 11) is 1.58. The fraction of sp³-hybridized carbons (Fsp3) is 0.190. The van der Waals surface area contributed by atoms with E-state index in [1.54, 1.807) is 37.5 Å². The van der Waals surface area contributed by atoms with Gasteiger partial charge in [-0.15, -0.1) is 0 Å². The van der Waals surface area contributed by atoms with Gasteiger partial charge in [0, 0.05) is 16.7 Å². The number of anilines is 1. The minimum atomic E-state index is -0.611. The lowest BCUT2D eigenvalue weighted by atomic mass is 10.1. The first kappa shape index (κ1) is 21.1. The number of rotatable bonds is 7. The molecular formula is C21H20N2O4S. The molecule has 144 valence electrons. The highest BCUT2D eigenvalue weighted by Gasteiger charge is 2.11. The SMILES string of the molecule is COc1ccc(/C=C/C(=O)OCC(=O)Nc2c(C)cc(SC#N)cc2C)cc1. The van der Waals surface area contributed by atoms with E-state index in [1.807, 2.05) is 31.4 Å². The van der Waals surface area contributed by atoms with Crippen LogP contribution in [0.15, 0.2) is 47.4 Å². The van der Waals surface area contributed by atoms with Gasteiger partial charge in [0.15, 0.2) is 6.61 Å². The van der Waals surface area contributed by atoms with Gasteiger partial charge in [-0.25, -0.2) is 4.79 Å². The predicted molar refractivity (Wildman–Crippen MR) is 109 cm³/mol. The van der Waals surface area contributed by atoms with Crippen molar-refractivity contribution in [3.05, 3.63) is 59.2 Å². The molecular weight excluding hydrogens is 376 g/mol. The van der Waals surface area contributed by atoms with E-state index in [1.165, 1.54) is 6.08 Å². The zero-order valence-electron chi connectivity index (χ0n) is 15.8. The fourth-order valence-electron chi connectivity index (χ4n) is 2.47. The molecule has 0 atom stereocenters. The molecule has 6 nitrogen and oxygen atoms in total. The van der Waals surface area contributed by atoms with Gasteiger partial charge in [-0.3, -0.25) is 4.79 Å². The van der Waals surface area contributed by atoms with Crippen LogP contribution in [0.1, 0.15) is 16.7 Å². The number of amides is 1. The summed E-state index contributed by atoms with van der Waals surface area (Å²) in [5, 5.41) is 13.5. The second kappa shape index (κ2) is 10.2. The Hall–Kier alpha value is -3.24. The van der Waals surface area contributed by atoms with Crippen molar-refractivity contribution in [1.82, 2.24) is 0 Å². The molecule has 0 aliphatic heterocycles. The first-order chi connectivity index (χ1) is 13.4. The summed E-state index contributed by atoms with van der Waals surface area (Å²) < 4.78 is 10.0. The molecule has 7 heteroatoms. The van der Waals surface area contributed by atoms with E-state index in [-0.39, 0.29) is 6.61 Å². The van der Waals surface area contributed by atoms with Crippen molar-refractivity contribution in [3.8, 4) is 11.2 Å². The van der Waals surface area contributed by atoms with Gasteiger partial charge >= 0.3 is 5.97 Å². The van der Waals surface area contributed by atoms with Crippen LogP contribution in [0.5, 0.6) is 5.75 Å². The van der Waals surface area contributed by atoms with Crippen LogP contribution < -0.4 is 10.1 Å². The van der Waals surface area contributed by atoms with Gasteiger partial charge in [0.05, 0.1) is 7.11 Å². The summed E-state index contributed by atoms with van der Waals surface area (Å²) in [6.07, 6.45) is 2.86. The van der Waals surface area contributed by atoms with Gasteiger partial charge in [0.25, 0.3) is 5.91 Å². The zero-order chi connectivity index (χ0) is 20.5. The number of nitrogens with zero attached hydrogens (tertiary/aromatic N) is 1. The van der Waals surface area contributed by atoms with Gasteiger partial charge in [0.2, 0.25) is 0 Å². The van der Waals surface area contributed by atoms with E-state index < -0.39 is 11.9 Å². The highest BCUT2D eigenvalue weighted by molar-refractivity contribution is 8.03. The average molecular weight is 396 g/mol. The number of nitrogens with one attached hydrogen (secondary N) is 1. The number of nitriles is 1. The van der Waals surface area contributed by atoms with Crippen LogP contribution in [-0.4, -0.2) is 25.6 Å². The largest absolute Gasteiger partial charge is 0.497 e. The lowest BCUT2D eigenvalue weighted by Gasteiger charge is -2.12. The van der Waals surface area contributed by atoms with Gasteiger partial charge in [0.1, 0.15) is 11.2 Å². The molecule has 2 rings (SSSR count). The second-order valence-corrected chi connectivity index (χ2v) is 6.75. The van der Waals surface area contributed by atoms with E-state index in [9.17, 15) is 9.59 Å². The number of hydrogen-bond acceptors (Lipinski definition) is 6. The molecule has 0 saturated carbocycles. The van der Waals surface area contributed by atoms with E-state index in [0.717, 1.165) is 39.1 Å². The van der Waals surface area contributed by atoms with Gasteiger partial charge < -0.3 is 14.8 Å². The van der Waals surface area contributed by atoms with Crippen molar-refractivity contribution in [1.29, 1.82) is 5.26 Å². The van der Waals surface area contributed by atoms with Crippen LogP contribution in [-0.2, 0) is 14.3 Å². The third-order valence-corrected chi connectivity index (χ3v) is 4.37. The number of methoxy groups -OCH3 is 1. The number of thioether (sulfide) groups is 1. The van der Waals surface area contributed by atoms with Crippen molar-refractivity contribution in [2.45, 2.75) is 18.7 Å². The standard InChI is InChI=1S/C21H20N2O4S/c1-14-10-18(28-13-22)11-15(2)21(14)23-19(24)12-27-20(25)9-6-16-4-7-17(26-3)8-5-16/h4-11H,12H2,1-3H3,(H,23,24)/b9-6+. The van der Waals surface area contributed by atoms with E-state index in [0.29, 0.717) is 5.69 Å². The number of carbonyl (C=O) groups is 2. The van der Waals surface area contributed by atoms with Crippen LogP contribution in [0.4, 0.5) is 5.69 Å². The molecule has 0 fully saturated rings. The Labute approximate surface area is 168 Å². The van der Waals surface area contributed by atoms with Crippen LogP contribution in [0.2, 0.25) is 0 Å². The monoisotopic (exact) mass is 396 g/mol. The Balaban J connectivity index is 1.89. The number of carbonyl (C=O) groups excluding carboxylic acids is 2. The number of ether oxygens (including phenoxy) is 2. The Bertz CT molecular complexity index is 907. The Kier molecular flexibility index (Phi) is 7.66. The first-order valence-corrected chi connectivity index (χ1v) is 9.20. The molecule has 0 aromatic heterocycles. The van der Waals surface area contributed by atoms with Crippen LogP contribution in [0, 0.1) is 24.5 Å². The molecule has 0 radical (unpaired) electrons. The number of hydrogen-bond donors (Lipinski definition) is 1. The molecule has 0 unspecified atom stereocenters. The Morgan fingerprint density at radius 1 is 1.18 bits per heavy atom. The number of esters is 1. The average Bonchev–Trinajstić information content (AvgIpc) is 2.68. The van der Waals surface area contributed by atoms with Crippen molar-refractivity contribution in [2.24, 2.45) is 0 Å². The van der Waals surface area contributed by atoms with Crippen molar-refractivity contribution in [3.63, 3.8) is 0 Å². The molecule has 0 bridgehead atoms. The van der Waals surface area contributed by atoms with Crippen LogP contribution in [0.3, 0.4) is 0 Å². The fourth-order valence-corrected chi connectivity index (χ4v) is 3.05. The summed E-state index contributed by atoms with van der Waals surface area (Å²) in [5.41, 5.74) is 3.12. The number of thiocyanates is 1. The lowest BCUT2D eigenvalue weighted by molar-refractivity contribution is -0.142. The second-order valence-electron chi connectivity index (χ2n) is 5.89. The molecule has 0 aliphatic carbocycles. The van der Waals surface area contributed by atoms with Crippen molar-refractivity contribution >= 4 is 35.4 Å². The van der Waals surface area contributed by atoms with Gasteiger partial charge in [-0.05, 0) is 72.6 Å². The molecule has 0 saturated heterocycles. The van der Waals surface area contributed by atoms with E-state index in [2.05, 4.69) is 5.32 Å². The summed E-state index contributed by atoms with van der Waals surface area (Å²) in [6, 6.07) is 10.8. The third-order valence-electron chi connectivity index (χ3n) is 3.81. The Morgan fingerprint density at radius 3 is 2.39 bits per heavy atom. The van der Waals surface area contributed by atoms with E-state index >= 15 is 0 Å². The molecule has 0 spiro atoms. The summed E-state index contributed by atoms with van der Waals surface area (Å²) >= 11 is 1.06. The maximum atomic E-state index is 12.1. The molecule has 1 amide bonds. The number of aryl methyl sites for hydroxylation is 2. The quantitative estimate of drug-likeness (QED) is 0.328. The molecule has 2 aromatic rings. The highest BCUT2D eigenvalue weighted by atomic mass is 32.2. The summed E-state index contributed by atoms with van der Waals surface area (Å²) in [4.78, 5) is 24.7. The van der Waals surface area contributed by atoms with Gasteiger partial charge in [-0.1, -0.05) is 12.1 Å². The summed E-state index contributed by atoms with van der Waals surface area (Å²) in [5.74, 6) is -0.320. The number of benzene rings is 2. The van der Waals surface area contributed by atoms with Crippen LogP contribution in [0.25, 0.3) is 6.08 Å². The normalized spacial score (nSPS) is 10.4. The topological polar surface area (TPSA) is 88.4 Å².